The molecule has 0 heterocycles. The molecule has 6 N–H and O–H groups in total. The molecular formula is C56H44O12. The SMILES string of the molecule is Cc1cc(C(=O)O)c2c(C(=O)O)cc(C)c3c4c(C)cc(C(=O)O)c5c(C(=O)O)cc(C)c(c1c23)c54.Cc1cc(C)c2c3c(C)cc(C(=O)O)c4c(C(=O)O)cc(C)c(c5c(C)cc(C)c1c25)c43. The Balaban J connectivity index is 0.000000171. The molecule has 0 aliphatic rings. The van der Waals surface area contributed by atoms with Crippen molar-refractivity contribution in [3.8, 4) is 0 Å². The predicted molar refractivity (Wildman–Crippen MR) is 264 cm³/mol. The molecule has 0 fully saturated rings. The molecule has 0 aromatic heterocycles. The van der Waals surface area contributed by atoms with Gasteiger partial charge in [-0.05, 0) is 231 Å². The Morgan fingerprint density at radius 3 is 0.500 bits per heavy atom. The third-order valence-corrected chi connectivity index (χ3v) is 14.0. The first-order valence-electron chi connectivity index (χ1n) is 21.7. The summed E-state index contributed by atoms with van der Waals surface area (Å²) in [5.41, 5.74) is 8.02. The number of rotatable bonds is 6. The molecule has 10 rings (SSSR count). The molecule has 0 aliphatic carbocycles. The van der Waals surface area contributed by atoms with Crippen LogP contribution in [0, 0.1) is 69.2 Å². The lowest BCUT2D eigenvalue weighted by Crippen LogP contribution is -2.10. The van der Waals surface area contributed by atoms with Crippen LogP contribution in [0.5, 0.6) is 0 Å². The van der Waals surface area contributed by atoms with Crippen LogP contribution in [0.3, 0.4) is 0 Å². The van der Waals surface area contributed by atoms with Crippen LogP contribution in [0.2, 0.25) is 0 Å². The van der Waals surface area contributed by atoms with Crippen molar-refractivity contribution in [2.45, 2.75) is 69.2 Å². The molecule has 10 aromatic rings. The van der Waals surface area contributed by atoms with Gasteiger partial charge in [-0.2, -0.15) is 0 Å². The number of aromatic carboxylic acids is 6. The lowest BCUT2D eigenvalue weighted by atomic mass is 9.79. The molecule has 10 aromatic carbocycles. The van der Waals surface area contributed by atoms with Gasteiger partial charge in [0.05, 0.1) is 33.4 Å². The zero-order chi connectivity index (χ0) is 49.6. The average Bonchev–Trinajstić information content (AvgIpc) is 3.24. The first kappa shape index (κ1) is 44.8. The average molecular weight is 909 g/mol. The molecular weight excluding hydrogens is 865 g/mol. The van der Waals surface area contributed by atoms with Gasteiger partial charge in [-0.15, -0.1) is 0 Å². The van der Waals surface area contributed by atoms with E-state index in [0.717, 1.165) is 49.2 Å². The van der Waals surface area contributed by atoms with Gasteiger partial charge in [-0.3, -0.25) is 0 Å². The fourth-order valence-corrected chi connectivity index (χ4v) is 11.7. The minimum atomic E-state index is -1.27. The maximum atomic E-state index is 12.2. The molecule has 0 unspecified atom stereocenters. The molecule has 0 amide bonds. The highest BCUT2D eigenvalue weighted by molar-refractivity contribution is 6.41. The maximum Gasteiger partial charge on any atom is 0.336 e. The van der Waals surface area contributed by atoms with E-state index in [1.807, 2.05) is 13.8 Å². The zero-order valence-electron chi connectivity index (χ0n) is 38.8. The van der Waals surface area contributed by atoms with Gasteiger partial charge >= 0.3 is 35.8 Å². The van der Waals surface area contributed by atoms with Gasteiger partial charge in [-0.25, -0.2) is 28.8 Å². The summed E-state index contributed by atoms with van der Waals surface area (Å²) in [6.45, 7) is 19.1. The Hall–Kier alpha value is -8.38. The van der Waals surface area contributed by atoms with Crippen molar-refractivity contribution in [2.75, 3.05) is 0 Å². The van der Waals surface area contributed by atoms with Crippen LogP contribution in [0.15, 0.2) is 48.5 Å². The van der Waals surface area contributed by atoms with E-state index >= 15 is 0 Å². The van der Waals surface area contributed by atoms with Crippen molar-refractivity contribution in [3.05, 3.63) is 138 Å². The molecule has 0 saturated heterocycles. The second-order valence-electron chi connectivity index (χ2n) is 18.3. The first-order chi connectivity index (χ1) is 31.9. The van der Waals surface area contributed by atoms with Crippen molar-refractivity contribution in [3.63, 3.8) is 0 Å². The molecule has 0 bridgehead atoms. The molecule has 12 nitrogen and oxygen atoms in total. The number of benzene rings is 10. The highest BCUT2D eigenvalue weighted by atomic mass is 16.4. The van der Waals surface area contributed by atoms with Gasteiger partial charge in [0.25, 0.3) is 0 Å². The summed E-state index contributed by atoms with van der Waals surface area (Å²) in [5.74, 6) is -7.31. The van der Waals surface area contributed by atoms with Gasteiger partial charge in [0, 0.05) is 16.2 Å². The topological polar surface area (TPSA) is 224 Å². The minimum Gasteiger partial charge on any atom is -0.478 e. The summed E-state index contributed by atoms with van der Waals surface area (Å²) in [5, 5.41) is 70.8. The van der Waals surface area contributed by atoms with Crippen LogP contribution in [-0.4, -0.2) is 66.5 Å². The number of hydrogen-bond donors (Lipinski definition) is 6. The maximum absolute atomic E-state index is 12.2. The summed E-state index contributed by atoms with van der Waals surface area (Å²) < 4.78 is 0. The standard InChI is InChI=1S/C28H20O8.C28H24O4/c1-9-5-13(25(29)30)21-14(26(31)32)7-11(3)19-20-12(4)8-16(28(35)36)22-15(27(33)34)6-10(2)18(24(20)22)17(9)23(19)21;1-11-7-13(3)20-22-15(5)9-17(27(29)30)24-18(28(31)32)10-16(6)23(26(22)24)21-14(4)8-12(2)19(11)25(20)21/h5-8H,1-4H3,(H,29,30)(H,31,32)(H,33,34)(H,35,36);7-10H,1-6H3,(H,29,30)(H,31,32). The lowest BCUT2D eigenvalue weighted by molar-refractivity contribution is 0.0681. The van der Waals surface area contributed by atoms with Crippen LogP contribution in [-0.2, 0) is 0 Å². The number of fused-ring (bicyclic) bond motifs is 4. The van der Waals surface area contributed by atoms with E-state index in [2.05, 4.69) is 39.8 Å². The van der Waals surface area contributed by atoms with E-state index in [1.54, 1.807) is 39.8 Å². The number of carboxylic acid groups (broad SMARTS) is 6. The molecule has 68 heavy (non-hydrogen) atoms. The molecule has 0 spiro atoms. The fourth-order valence-electron chi connectivity index (χ4n) is 11.7. The predicted octanol–water partition coefficient (Wildman–Crippen LogP) is 12.7. The van der Waals surface area contributed by atoms with Gasteiger partial charge in [0.15, 0.2) is 0 Å². The summed E-state index contributed by atoms with van der Waals surface area (Å²) in [6.07, 6.45) is 0. The normalized spacial score (nSPS) is 11.8. The van der Waals surface area contributed by atoms with Crippen molar-refractivity contribution >= 4 is 122 Å². The highest BCUT2D eigenvalue weighted by Gasteiger charge is 2.31. The summed E-state index contributed by atoms with van der Waals surface area (Å²) in [6, 6.07) is 13.3. The van der Waals surface area contributed by atoms with Gasteiger partial charge < -0.3 is 30.6 Å². The number of carboxylic acids is 6. The zero-order valence-corrected chi connectivity index (χ0v) is 38.8. The second kappa shape index (κ2) is 15.1. The molecule has 0 radical (unpaired) electrons. The van der Waals surface area contributed by atoms with Crippen molar-refractivity contribution < 1.29 is 59.4 Å². The molecule has 12 heteroatoms. The van der Waals surface area contributed by atoms with Crippen LogP contribution in [0.25, 0.3) is 86.2 Å². The Kier molecular flexibility index (Phi) is 9.93. The Labute approximate surface area is 386 Å². The van der Waals surface area contributed by atoms with E-state index in [-0.39, 0.29) is 44.2 Å². The summed E-state index contributed by atoms with van der Waals surface area (Å²) in [4.78, 5) is 73.4. The van der Waals surface area contributed by atoms with E-state index in [1.165, 1.54) is 46.2 Å². The molecule has 340 valence electrons. The fraction of sp³-hybridized carbons (Fsp3) is 0.179. The third kappa shape index (κ3) is 5.99. The smallest absolute Gasteiger partial charge is 0.336 e. The summed E-state index contributed by atoms with van der Waals surface area (Å²) in [7, 11) is 0. The van der Waals surface area contributed by atoms with Crippen LogP contribution in [0.1, 0.15) is 118 Å². The minimum absolute atomic E-state index is 0.0362. The number of carbonyl (C=O) groups is 6. The van der Waals surface area contributed by atoms with Gasteiger partial charge in [0.1, 0.15) is 0 Å². The molecule has 0 aliphatic heterocycles. The van der Waals surface area contributed by atoms with Crippen LogP contribution in [0.4, 0.5) is 0 Å². The van der Waals surface area contributed by atoms with Crippen molar-refractivity contribution in [2.24, 2.45) is 0 Å². The molecule has 0 saturated carbocycles. The van der Waals surface area contributed by atoms with E-state index < -0.39 is 35.8 Å². The third-order valence-electron chi connectivity index (χ3n) is 14.0. The van der Waals surface area contributed by atoms with Crippen molar-refractivity contribution in [1.82, 2.24) is 0 Å². The second-order valence-corrected chi connectivity index (χ2v) is 18.3. The summed E-state index contributed by atoms with van der Waals surface area (Å²) >= 11 is 0. The van der Waals surface area contributed by atoms with Crippen molar-refractivity contribution in [1.29, 1.82) is 0 Å². The van der Waals surface area contributed by atoms with E-state index in [9.17, 15) is 59.4 Å². The van der Waals surface area contributed by atoms with Crippen LogP contribution < -0.4 is 0 Å². The Morgan fingerprint density at radius 2 is 0.338 bits per heavy atom. The van der Waals surface area contributed by atoms with Crippen LogP contribution >= 0.6 is 0 Å². The van der Waals surface area contributed by atoms with Gasteiger partial charge in [-0.1, -0.05) is 12.1 Å². The van der Waals surface area contributed by atoms with E-state index in [0.29, 0.717) is 60.0 Å². The first-order valence-corrected chi connectivity index (χ1v) is 21.7. The highest BCUT2D eigenvalue weighted by Crippen LogP contribution is 2.50. The monoisotopic (exact) mass is 908 g/mol. The number of hydrogen-bond acceptors (Lipinski definition) is 6. The number of aryl methyl sites for hydroxylation is 10. The van der Waals surface area contributed by atoms with E-state index in [4.69, 9.17) is 0 Å². The van der Waals surface area contributed by atoms with Gasteiger partial charge in [0.2, 0.25) is 0 Å². The lowest BCUT2D eigenvalue weighted by Gasteiger charge is -2.24. The Morgan fingerprint density at radius 1 is 0.206 bits per heavy atom. The quantitative estimate of drug-likeness (QED) is 0.0677. The largest absolute Gasteiger partial charge is 0.478 e. The molecule has 0 atom stereocenters. The Bertz CT molecular complexity index is 3700.